The van der Waals surface area contributed by atoms with E-state index in [1.807, 2.05) is 0 Å². The summed E-state index contributed by atoms with van der Waals surface area (Å²) in [5.74, 6) is 2.85. The fourth-order valence-electron chi connectivity index (χ4n) is 3.72. The molecule has 1 N–H and O–H groups in total. The maximum atomic E-state index is 3.57. The van der Waals surface area contributed by atoms with Crippen LogP contribution in [0.3, 0.4) is 0 Å². The standard InChI is InChI=1S/C14H27N/c1-10-5-8-12(13(9-10)15-4)14(2,3)11-6-7-11/h10-13,15H,5-9H2,1-4H3. The van der Waals surface area contributed by atoms with Crippen LogP contribution in [0.2, 0.25) is 0 Å². The second kappa shape index (κ2) is 4.08. The Hall–Kier alpha value is -0.0400. The van der Waals surface area contributed by atoms with Gasteiger partial charge in [0.05, 0.1) is 0 Å². The number of hydrogen-bond donors (Lipinski definition) is 1. The van der Waals surface area contributed by atoms with Gasteiger partial charge >= 0.3 is 0 Å². The molecule has 0 amide bonds. The van der Waals surface area contributed by atoms with Crippen LogP contribution in [0.5, 0.6) is 0 Å². The highest BCUT2D eigenvalue weighted by Crippen LogP contribution is 2.53. The maximum absolute atomic E-state index is 3.57. The van der Waals surface area contributed by atoms with E-state index in [1.54, 1.807) is 0 Å². The largest absolute Gasteiger partial charge is 0.317 e. The van der Waals surface area contributed by atoms with E-state index in [-0.39, 0.29) is 0 Å². The van der Waals surface area contributed by atoms with Crippen LogP contribution >= 0.6 is 0 Å². The Morgan fingerprint density at radius 1 is 1.07 bits per heavy atom. The second-order valence-electron chi connectivity index (χ2n) is 6.52. The molecule has 2 aliphatic rings. The van der Waals surface area contributed by atoms with Gasteiger partial charge in [-0.05, 0) is 55.9 Å². The maximum Gasteiger partial charge on any atom is 0.0100 e. The van der Waals surface area contributed by atoms with Crippen LogP contribution in [0.1, 0.15) is 52.9 Å². The predicted octanol–water partition coefficient (Wildman–Crippen LogP) is 3.45. The van der Waals surface area contributed by atoms with Crippen molar-refractivity contribution in [2.45, 2.75) is 58.9 Å². The van der Waals surface area contributed by atoms with E-state index in [2.05, 4.69) is 33.1 Å². The van der Waals surface area contributed by atoms with Gasteiger partial charge in [0.1, 0.15) is 0 Å². The van der Waals surface area contributed by atoms with Crippen molar-refractivity contribution in [3.63, 3.8) is 0 Å². The summed E-state index contributed by atoms with van der Waals surface area (Å²) in [5, 5.41) is 3.57. The minimum absolute atomic E-state index is 0.577. The lowest BCUT2D eigenvalue weighted by Gasteiger charge is -2.44. The first-order valence-electron chi connectivity index (χ1n) is 6.73. The van der Waals surface area contributed by atoms with E-state index in [0.717, 1.165) is 23.8 Å². The van der Waals surface area contributed by atoms with Gasteiger partial charge in [-0.2, -0.15) is 0 Å². The quantitative estimate of drug-likeness (QED) is 0.750. The molecule has 2 saturated carbocycles. The average molecular weight is 209 g/mol. The zero-order valence-corrected chi connectivity index (χ0v) is 10.8. The van der Waals surface area contributed by atoms with Gasteiger partial charge in [0.25, 0.3) is 0 Å². The summed E-state index contributed by atoms with van der Waals surface area (Å²) in [6.45, 7) is 7.43. The molecular weight excluding hydrogens is 182 g/mol. The summed E-state index contributed by atoms with van der Waals surface area (Å²) in [4.78, 5) is 0. The van der Waals surface area contributed by atoms with Gasteiger partial charge in [-0.15, -0.1) is 0 Å². The molecule has 15 heavy (non-hydrogen) atoms. The third-order valence-corrected chi connectivity index (χ3v) is 5.07. The first-order chi connectivity index (χ1) is 7.05. The Bertz CT molecular complexity index is 217. The first-order valence-corrected chi connectivity index (χ1v) is 6.73. The van der Waals surface area contributed by atoms with E-state index >= 15 is 0 Å². The van der Waals surface area contributed by atoms with Gasteiger partial charge < -0.3 is 5.32 Å². The summed E-state index contributed by atoms with van der Waals surface area (Å²) in [7, 11) is 2.15. The highest BCUT2D eigenvalue weighted by Gasteiger charge is 2.46. The van der Waals surface area contributed by atoms with Gasteiger partial charge in [0, 0.05) is 6.04 Å². The Kier molecular flexibility index (Phi) is 3.12. The molecule has 0 aliphatic heterocycles. The Morgan fingerprint density at radius 3 is 2.27 bits per heavy atom. The summed E-state index contributed by atoms with van der Waals surface area (Å²) in [5.41, 5.74) is 0.577. The molecule has 0 bridgehead atoms. The van der Waals surface area contributed by atoms with E-state index in [9.17, 15) is 0 Å². The van der Waals surface area contributed by atoms with Gasteiger partial charge in [0.15, 0.2) is 0 Å². The van der Waals surface area contributed by atoms with Crippen LogP contribution in [0.15, 0.2) is 0 Å². The van der Waals surface area contributed by atoms with E-state index in [0.29, 0.717) is 5.41 Å². The Morgan fingerprint density at radius 2 is 1.73 bits per heavy atom. The highest BCUT2D eigenvalue weighted by atomic mass is 14.9. The zero-order valence-electron chi connectivity index (χ0n) is 10.8. The van der Waals surface area contributed by atoms with Crippen LogP contribution in [-0.2, 0) is 0 Å². The van der Waals surface area contributed by atoms with Crippen molar-refractivity contribution < 1.29 is 0 Å². The third kappa shape index (κ3) is 2.22. The van der Waals surface area contributed by atoms with Crippen LogP contribution in [-0.4, -0.2) is 13.1 Å². The smallest absolute Gasteiger partial charge is 0.0100 e. The molecule has 2 fully saturated rings. The lowest BCUT2D eigenvalue weighted by atomic mass is 9.64. The minimum atomic E-state index is 0.577. The molecule has 0 radical (unpaired) electrons. The van der Waals surface area contributed by atoms with Gasteiger partial charge in [-0.25, -0.2) is 0 Å². The van der Waals surface area contributed by atoms with E-state index in [1.165, 1.54) is 32.1 Å². The number of nitrogens with one attached hydrogen (secondary N) is 1. The van der Waals surface area contributed by atoms with Gasteiger partial charge in [0.2, 0.25) is 0 Å². The summed E-state index contributed by atoms with van der Waals surface area (Å²) in [6.07, 6.45) is 7.23. The van der Waals surface area contributed by atoms with Crippen LogP contribution in [0.25, 0.3) is 0 Å². The van der Waals surface area contributed by atoms with E-state index in [4.69, 9.17) is 0 Å². The molecule has 1 nitrogen and oxygen atoms in total. The summed E-state index contributed by atoms with van der Waals surface area (Å²) >= 11 is 0. The fourth-order valence-corrected chi connectivity index (χ4v) is 3.72. The molecule has 0 aromatic carbocycles. The summed E-state index contributed by atoms with van der Waals surface area (Å²) < 4.78 is 0. The number of rotatable bonds is 3. The Labute approximate surface area is 95.0 Å². The molecule has 0 aromatic heterocycles. The van der Waals surface area contributed by atoms with Gasteiger partial charge in [-0.3, -0.25) is 0 Å². The first kappa shape index (κ1) is 11.4. The zero-order chi connectivity index (χ0) is 11.1. The molecule has 88 valence electrons. The third-order valence-electron chi connectivity index (χ3n) is 5.07. The molecule has 0 heterocycles. The highest BCUT2D eigenvalue weighted by molar-refractivity contribution is 4.98. The molecule has 0 aromatic rings. The van der Waals surface area contributed by atoms with Crippen LogP contribution in [0.4, 0.5) is 0 Å². The minimum Gasteiger partial charge on any atom is -0.317 e. The molecule has 0 spiro atoms. The SMILES string of the molecule is CNC1CC(C)CCC1C(C)(C)C1CC1. The van der Waals surface area contributed by atoms with Gasteiger partial charge in [-0.1, -0.05) is 27.2 Å². The molecule has 3 unspecified atom stereocenters. The lowest BCUT2D eigenvalue weighted by Crippen LogP contribution is -2.46. The molecule has 2 rings (SSSR count). The van der Waals surface area contributed by atoms with E-state index < -0.39 is 0 Å². The van der Waals surface area contributed by atoms with Crippen molar-refractivity contribution in [1.29, 1.82) is 0 Å². The fraction of sp³-hybridized carbons (Fsp3) is 1.00. The average Bonchev–Trinajstić information content (AvgIpc) is 3.00. The van der Waals surface area contributed by atoms with Crippen molar-refractivity contribution >= 4 is 0 Å². The lowest BCUT2D eigenvalue weighted by molar-refractivity contribution is 0.0793. The van der Waals surface area contributed by atoms with Crippen molar-refractivity contribution in [3.8, 4) is 0 Å². The van der Waals surface area contributed by atoms with Crippen molar-refractivity contribution in [2.24, 2.45) is 23.2 Å². The molecule has 3 atom stereocenters. The van der Waals surface area contributed by atoms with Crippen LogP contribution in [0, 0.1) is 23.2 Å². The molecular formula is C14H27N. The Balaban J connectivity index is 2.05. The second-order valence-corrected chi connectivity index (χ2v) is 6.52. The summed E-state index contributed by atoms with van der Waals surface area (Å²) in [6, 6.07) is 0.768. The van der Waals surface area contributed by atoms with Crippen molar-refractivity contribution in [3.05, 3.63) is 0 Å². The molecule has 2 aliphatic carbocycles. The van der Waals surface area contributed by atoms with Crippen LogP contribution < -0.4 is 5.32 Å². The van der Waals surface area contributed by atoms with Crippen molar-refractivity contribution in [1.82, 2.24) is 5.32 Å². The van der Waals surface area contributed by atoms with Crippen molar-refractivity contribution in [2.75, 3.05) is 7.05 Å². The predicted molar refractivity (Wildman–Crippen MR) is 65.9 cm³/mol. The molecule has 0 saturated heterocycles. The normalized spacial score (nSPS) is 38.0. The number of hydrogen-bond acceptors (Lipinski definition) is 1. The topological polar surface area (TPSA) is 12.0 Å². The molecule has 1 heteroatoms. The monoisotopic (exact) mass is 209 g/mol.